The molecule has 0 saturated carbocycles. The summed E-state index contributed by atoms with van der Waals surface area (Å²) in [6.45, 7) is 34.6. The average molecular weight is 1710 g/mol. The van der Waals surface area contributed by atoms with Crippen LogP contribution in [0.3, 0.4) is 0 Å². The molecule has 16 aromatic carbocycles. The van der Waals surface area contributed by atoms with Crippen LogP contribution in [0.1, 0.15) is 155 Å². The SMILES string of the molecule is CC(C)(C)c1ccc(C2(c3ccc(C(C)(C)C)cc3)c3ccccc3Oc3cc(-c4cccc(-c5cccc(-c6nc(-c7ccccc7)nc(-c7ccc(C#N)cc7)n6)c5)c4)ccc32)cc1.[C-]#[N+]c1ccc(-c2nc(-c3ccccc3)nc(-c3cccc(-c4cccc(-c5cccc6c5Oc5ccccc5C6(c5ccc(C(C)(C)C)cc5)c5ccc(C(C)(C)C)cc5)c4)c3)n2)cc1. The summed E-state index contributed by atoms with van der Waals surface area (Å²) in [5.74, 6) is 6.76. The highest BCUT2D eigenvalue weighted by atomic mass is 16.5. The number of fused-ring (bicyclic) bond motifs is 4. The molecule has 20 rings (SSSR count). The molecular weight excluding hydrogens is 1610 g/mol. The molecular formula is C122H100N8O2. The van der Waals surface area contributed by atoms with E-state index in [1.807, 2.05) is 97.1 Å². The van der Waals surface area contributed by atoms with Crippen LogP contribution in [0, 0.1) is 17.9 Å². The zero-order valence-corrected chi connectivity index (χ0v) is 76.3. The van der Waals surface area contributed by atoms with Gasteiger partial charge in [-0.3, -0.25) is 0 Å². The van der Waals surface area contributed by atoms with E-state index in [2.05, 4.69) is 361 Å². The second-order valence-corrected chi connectivity index (χ2v) is 38.4. The number of ether oxygens (including phenoxy) is 2. The number of aromatic nitrogens is 6. The number of rotatable bonds is 14. The maximum Gasteiger partial charge on any atom is 0.187 e. The molecule has 4 heterocycles. The molecule has 2 aliphatic heterocycles. The average Bonchev–Trinajstić information content (AvgIpc) is 0.703. The van der Waals surface area contributed by atoms with E-state index in [1.165, 1.54) is 44.5 Å². The van der Waals surface area contributed by atoms with Crippen molar-refractivity contribution in [2.24, 2.45) is 0 Å². The van der Waals surface area contributed by atoms with E-state index < -0.39 is 10.8 Å². The van der Waals surface area contributed by atoms with Crippen LogP contribution in [-0.2, 0) is 32.5 Å². The molecule has 10 nitrogen and oxygen atoms in total. The lowest BCUT2D eigenvalue weighted by molar-refractivity contribution is 0.434. The highest BCUT2D eigenvalue weighted by molar-refractivity contribution is 5.85. The minimum absolute atomic E-state index is 0.00950. The molecule has 0 radical (unpaired) electrons. The zero-order valence-electron chi connectivity index (χ0n) is 76.3. The third kappa shape index (κ3) is 16.5. The summed E-state index contributed by atoms with van der Waals surface area (Å²) in [5.41, 5.74) is 27.8. The van der Waals surface area contributed by atoms with Gasteiger partial charge in [-0.15, -0.1) is 0 Å². The summed E-state index contributed by atoms with van der Waals surface area (Å²) in [6, 6.07) is 138. The van der Waals surface area contributed by atoms with E-state index in [1.54, 1.807) is 24.3 Å². The van der Waals surface area contributed by atoms with Gasteiger partial charge in [-0.05, 0) is 172 Å². The minimum atomic E-state index is -0.667. The normalized spacial score (nSPS) is 12.9. The second kappa shape index (κ2) is 34.6. The highest BCUT2D eigenvalue weighted by Crippen LogP contribution is 2.60. The molecule has 0 N–H and O–H groups in total. The van der Waals surface area contributed by atoms with Crippen LogP contribution in [0.15, 0.2) is 388 Å². The van der Waals surface area contributed by atoms with E-state index >= 15 is 0 Å². The number of hydrogen-bond donors (Lipinski definition) is 0. The Morgan fingerprint density at radius 1 is 0.250 bits per heavy atom. The van der Waals surface area contributed by atoms with Gasteiger partial charge in [0.2, 0.25) is 0 Å². The minimum Gasteiger partial charge on any atom is -0.457 e. The van der Waals surface area contributed by atoms with Gasteiger partial charge < -0.3 is 9.47 Å². The van der Waals surface area contributed by atoms with Crippen LogP contribution in [-0.4, -0.2) is 29.9 Å². The second-order valence-electron chi connectivity index (χ2n) is 38.4. The third-order valence-corrected chi connectivity index (χ3v) is 25.7. The largest absolute Gasteiger partial charge is 0.457 e. The van der Waals surface area contributed by atoms with E-state index in [9.17, 15) is 5.26 Å². The van der Waals surface area contributed by atoms with Crippen LogP contribution < -0.4 is 9.47 Å². The fourth-order valence-corrected chi connectivity index (χ4v) is 18.5. The maximum atomic E-state index is 9.42. The van der Waals surface area contributed by atoms with Gasteiger partial charge in [0.05, 0.1) is 29.0 Å². The number of benzene rings is 16. The molecule has 0 fully saturated rings. The molecule has 0 spiro atoms. The van der Waals surface area contributed by atoms with Crippen molar-refractivity contribution >= 4 is 5.69 Å². The van der Waals surface area contributed by atoms with Gasteiger partial charge in [-0.2, -0.15) is 5.26 Å². The predicted molar refractivity (Wildman–Crippen MR) is 537 cm³/mol. The molecule has 0 atom stereocenters. The number of nitrogens with zero attached hydrogens (tertiary/aromatic N) is 8. The quantitative estimate of drug-likeness (QED) is 0.0979. The van der Waals surface area contributed by atoms with Gasteiger partial charge >= 0.3 is 0 Å². The van der Waals surface area contributed by atoms with Crippen molar-refractivity contribution in [2.45, 2.75) is 116 Å². The van der Waals surface area contributed by atoms with Crippen molar-refractivity contribution in [1.82, 2.24) is 29.9 Å². The molecule has 0 saturated heterocycles. The molecule has 0 amide bonds. The molecule has 640 valence electrons. The summed E-state index contributed by atoms with van der Waals surface area (Å²) in [6.07, 6.45) is 0. The number of hydrogen-bond acceptors (Lipinski definition) is 9. The van der Waals surface area contributed by atoms with Gasteiger partial charge in [0.1, 0.15) is 23.0 Å². The molecule has 18 aromatic rings. The van der Waals surface area contributed by atoms with Crippen LogP contribution in [0.25, 0.3) is 118 Å². The molecule has 0 aliphatic carbocycles. The van der Waals surface area contributed by atoms with E-state index in [4.69, 9.17) is 45.9 Å². The zero-order chi connectivity index (χ0) is 91.3. The van der Waals surface area contributed by atoms with Crippen molar-refractivity contribution < 1.29 is 9.47 Å². The van der Waals surface area contributed by atoms with E-state index in [0.717, 1.165) is 123 Å². The Morgan fingerprint density at radius 3 is 0.917 bits per heavy atom. The predicted octanol–water partition coefficient (Wildman–Crippen LogP) is 31.0. The van der Waals surface area contributed by atoms with Crippen molar-refractivity contribution in [1.29, 1.82) is 5.26 Å². The Labute approximate surface area is 774 Å². The van der Waals surface area contributed by atoms with Gasteiger partial charge in [0.15, 0.2) is 40.6 Å². The third-order valence-electron chi connectivity index (χ3n) is 25.7. The van der Waals surface area contributed by atoms with Crippen molar-refractivity contribution in [3.05, 3.63) is 472 Å². The van der Waals surface area contributed by atoms with Crippen molar-refractivity contribution in [3.63, 3.8) is 0 Å². The van der Waals surface area contributed by atoms with Gasteiger partial charge in [0.25, 0.3) is 0 Å². The Balaban J connectivity index is 0.000000170. The van der Waals surface area contributed by atoms with E-state index in [-0.39, 0.29) is 21.7 Å². The van der Waals surface area contributed by atoms with Crippen molar-refractivity contribution in [2.75, 3.05) is 0 Å². The molecule has 2 aromatic heterocycles. The fourth-order valence-electron chi connectivity index (χ4n) is 18.5. The smallest absolute Gasteiger partial charge is 0.187 e. The Morgan fingerprint density at radius 2 is 0.530 bits per heavy atom. The Hall–Kier alpha value is -15.9. The summed E-state index contributed by atoms with van der Waals surface area (Å²) in [4.78, 5) is 33.3. The van der Waals surface area contributed by atoms with Gasteiger partial charge in [0, 0.05) is 61.2 Å². The summed E-state index contributed by atoms with van der Waals surface area (Å²) in [5, 5.41) is 9.42. The first-order valence-corrected chi connectivity index (χ1v) is 45.1. The lowest BCUT2D eigenvalue weighted by Gasteiger charge is -2.42. The van der Waals surface area contributed by atoms with Gasteiger partial charge in [-0.1, -0.05) is 405 Å². The number of para-hydroxylation sites is 3. The van der Waals surface area contributed by atoms with Gasteiger partial charge in [-0.25, -0.2) is 34.7 Å². The highest BCUT2D eigenvalue weighted by Gasteiger charge is 2.48. The lowest BCUT2D eigenvalue weighted by Crippen LogP contribution is -2.34. The molecule has 2 aliphatic rings. The topological polar surface area (TPSA) is 124 Å². The van der Waals surface area contributed by atoms with Crippen LogP contribution in [0.2, 0.25) is 0 Å². The lowest BCUT2D eigenvalue weighted by atomic mass is 9.62. The first-order valence-electron chi connectivity index (χ1n) is 45.1. The Bertz CT molecular complexity index is 7340. The monoisotopic (exact) mass is 1710 g/mol. The summed E-state index contributed by atoms with van der Waals surface area (Å²) < 4.78 is 14.0. The van der Waals surface area contributed by atoms with Crippen LogP contribution in [0.5, 0.6) is 23.0 Å². The number of nitriles is 1. The summed E-state index contributed by atoms with van der Waals surface area (Å²) in [7, 11) is 0. The maximum absolute atomic E-state index is 9.42. The molecule has 0 bridgehead atoms. The molecule has 132 heavy (non-hydrogen) atoms. The van der Waals surface area contributed by atoms with E-state index in [0.29, 0.717) is 46.2 Å². The van der Waals surface area contributed by atoms with Crippen molar-refractivity contribution in [3.8, 4) is 142 Å². The summed E-state index contributed by atoms with van der Waals surface area (Å²) >= 11 is 0. The Kier molecular flexibility index (Phi) is 22.4. The van der Waals surface area contributed by atoms with Crippen LogP contribution in [0.4, 0.5) is 5.69 Å². The standard InChI is InChI=1S/2C61H50N4O/c1-59(2,3)46-28-32-48(33-29-46)61(49-34-30-47(31-35-49)60(4,5)6)52-23-11-12-25-54(52)66-55-51(22-15-24-53(55)61)44-20-13-18-42(38-44)43-19-14-21-45(39-43)58-64-56(40-16-9-8-10-17-40)63-57(65-58)41-26-36-50(62-7)37-27-41;1-59(2,3)48-27-31-50(32-28-48)61(51-33-29-49(30-34-51)60(4,5)6)52-20-10-11-21-54(52)66-55-38-46(26-35-53(55)61)44-17-12-16-43(36-44)45-18-13-19-47(37-45)58-64-56(41-14-8-7-9-15-41)63-57(65-58)42-24-22-40(39-62)23-25-42/h8-39H,1-6H3;7-38H,1-6H3. The van der Waals surface area contributed by atoms with Crippen LogP contribution >= 0.6 is 0 Å². The first-order chi connectivity index (χ1) is 63.8. The molecule has 10 heteroatoms. The fraction of sp³-hybridized carbons (Fsp3) is 0.148. The first kappa shape index (κ1) is 85.6. The molecule has 0 unspecified atom stereocenters.